The quantitative estimate of drug-likeness (QED) is 0.765. The number of hydrogen-bond acceptors (Lipinski definition) is 5. The number of fused-ring (bicyclic) bond motifs is 1. The number of nitrogens with one attached hydrogen (secondary N) is 2. The maximum atomic E-state index is 12.4. The van der Waals surface area contributed by atoms with Gasteiger partial charge in [-0.25, -0.2) is 9.78 Å². The molecule has 1 aromatic heterocycles. The average molecular weight is 411 g/mol. The number of pyridine rings is 1. The van der Waals surface area contributed by atoms with Crippen LogP contribution in [-0.2, 0) is 12.0 Å². The highest BCUT2D eigenvalue weighted by atomic mass is 16.6. The van der Waals surface area contributed by atoms with Gasteiger partial charge in [0.15, 0.2) is 11.5 Å². The van der Waals surface area contributed by atoms with Crippen LogP contribution in [0.1, 0.15) is 37.8 Å². The number of hydrogen-bond donors (Lipinski definition) is 2. The minimum Gasteiger partial charge on any atom is -0.486 e. The maximum absolute atomic E-state index is 12.4. The Labute approximate surface area is 177 Å². The summed E-state index contributed by atoms with van der Waals surface area (Å²) in [5.74, 6) is 2.53. The van der Waals surface area contributed by atoms with Gasteiger partial charge >= 0.3 is 6.03 Å². The molecular formula is C23H30N4O3. The number of anilines is 1. The van der Waals surface area contributed by atoms with Crippen LogP contribution in [0.4, 0.5) is 10.6 Å². The van der Waals surface area contributed by atoms with E-state index in [0.29, 0.717) is 26.3 Å². The predicted octanol–water partition coefficient (Wildman–Crippen LogP) is 3.23. The van der Waals surface area contributed by atoms with Gasteiger partial charge in [-0.1, -0.05) is 19.9 Å². The number of carbonyl (C=O) groups excluding carboxylic acids is 1. The van der Waals surface area contributed by atoms with Gasteiger partial charge in [-0.05, 0) is 48.2 Å². The van der Waals surface area contributed by atoms with Gasteiger partial charge in [0.1, 0.15) is 19.0 Å². The molecule has 1 fully saturated rings. The van der Waals surface area contributed by atoms with Crippen LogP contribution in [0.2, 0.25) is 0 Å². The first-order chi connectivity index (χ1) is 14.5. The smallest absolute Gasteiger partial charge is 0.315 e. The SMILES string of the molecule is CC(C)(CNC(=O)NCc1ccnc(N2CCCC2)c1)c1ccc2c(c1)OCCO2. The van der Waals surface area contributed by atoms with Crippen LogP contribution in [-0.4, -0.2) is 43.9 Å². The third-order valence-corrected chi connectivity index (χ3v) is 5.71. The molecular weight excluding hydrogens is 380 g/mol. The Balaban J connectivity index is 1.29. The van der Waals surface area contributed by atoms with Crippen molar-refractivity contribution < 1.29 is 14.3 Å². The zero-order valence-corrected chi connectivity index (χ0v) is 17.7. The van der Waals surface area contributed by atoms with E-state index in [2.05, 4.69) is 40.4 Å². The highest BCUT2D eigenvalue weighted by molar-refractivity contribution is 5.74. The van der Waals surface area contributed by atoms with E-state index in [1.54, 1.807) is 0 Å². The van der Waals surface area contributed by atoms with Crippen molar-refractivity contribution in [2.45, 2.75) is 38.6 Å². The Morgan fingerprint density at radius 2 is 1.83 bits per heavy atom. The monoisotopic (exact) mass is 410 g/mol. The van der Waals surface area contributed by atoms with Gasteiger partial charge in [-0.15, -0.1) is 0 Å². The molecule has 2 aliphatic heterocycles. The minimum atomic E-state index is -0.243. The van der Waals surface area contributed by atoms with Gasteiger partial charge in [0.25, 0.3) is 0 Å². The van der Waals surface area contributed by atoms with Crippen LogP contribution in [0.25, 0.3) is 0 Å². The summed E-state index contributed by atoms with van der Waals surface area (Å²) < 4.78 is 11.3. The van der Waals surface area contributed by atoms with Gasteiger partial charge in [0, 0.05) is 37.8 Å². The molecule has 0 spiro atoms. The molecule has 2 aliphatic rings. The standard InChI is InChI=1S/C23H30N4O3/c1-23(2,18-5-6-19-20(14-18)30-12-11-29-19)16-26-22(28)25-15-17-7-8-24-21(13-17)27-9-3-4-10-27/h5-8,13-14H,3-4,9-12,15-16H2,1-2H3,(H2,25,26,28). The fourth-order valence-corrected chi connectivity index (χ4v) is 3.80. The van der Waals surface area contributed by atoms with Crippen molar-refractivity contribution in [3.05, 3.63) is 47.7 Å². The first-order valence-electron chi connectivity index (χ1n) is 10.6. The normalized spacial score (nSPS) is 15.7. The molecule has 1 saturated heterocycles. The molecule has 7 nitrogen and oxygen atoms in total. The highest BCUT2D eigenvalue weighted by Gasteiger charge is 2.24. The van der Waals surface area contributed by atoms with Crippen LogP contribution >= 0.6 is 0 Å². The highest BCUT2D eigenvalue weighted by Crippen LogP contribution is 2.34. The number of nitrogens with zero attached hydrogens (tertiary/aromatic N) is 2. The molecule has 0 saturated carbocycles. The molecule has 1 aromatic carbocycles. The summed E-state index contributed by atoms with van der Waals surface area (Å²) in [7, 11) is 0. The summed E-state index contributed by atoms with van der Waals surface area (Å²) in [6, 6.07) is 9.80. The Bertz CT molecular complexity index is 894. The molecule has 7 heteroatoms. The van der Waals surface area contributed by atoms with Crippen molar-refractivity contribution in [2.24, 2.45) is 0 Å². The van der Waals surface area contributed by atoms with Gasteiger partial charge in [0.05, 0.1) is 0 Å². The number of benzene rings is 1. The van der Waals surface area contributed by atoms with E-state index in [1.807, 2.05) is 30.5 Å². The number of rotatable bonds is 6. The van der Waals surface area contributed by atoms with Gasteiger partial charge in [-0.3, -0.25) is 0 Å². The van der Waals surface area contributed by atoms with E-state index in [9.17, 15) is 4.79 Å². The second-order valence-electron chi connectivity index (χ2n) is 8.49. The molecule has 0 radical (unpaired) electrons. The van der Waals surface area contributed by atoms with Crippen molar-refractivity contribution in [3.63, 3.8) is 0 Å². The van der Waals surface area contributed by atoms with E-state index in [4.69, 9.17) is 9.47 Å². The summed E-state index contributed by atoms with van der Waals surface area (Å²) in [4.78, 5) is 19.1. The summed E-state index contributed by atoms with van der Waals surface area (Å²) in [6.45, 7) is 8.43. The summed E-state index contributed by atoms with van der Waals surface area (Å²) >= 11 is 0. The molecule has 160 valence electrons. The van der Waals surface area contributed by atoms with Crippen molar-refractivity contribution in [2.75, 3.05) is 37.7 Å². The fourth-order valence-electron chi connectivity index (χ4n) is 3.80. The Hall–Kier alpha value is -2.96. The summed E-state index contributed by atoms with van der Waals surface area (Å²) in [5, 5.41) is 5.94. The number of aromatic nitrogens is 1. The number of urea groups is 1. The minimum absolute atomic E-state index is 0.180. The lowest BCUT2D eigenvalue weighted by Crippen LogP contribution is -2.42. The second-order valence-corrected chi connectivity index (χ2v) is 8.49. The molecule has 4 rings (SSSR count). The van der Waals surface area contributed by atoms with Gasteiger partial charge < -0.3 is 25.0 Å². The van der Waals surface area contributed by atoms with Gasteiger partial charge in [-0.2, -0.15) is 0 Å². The van der Waals surface area contributed by atoms with E-state index < -0.39 is 0 Å². The fraction of sp³-hybridized carbons (Fsp3) is 0.478. The third-order valence-electron chi connectivity index (χ3n) is 5.71. The van der Waals surface area contributed by atoms with Crippen molar-refractivity contribution in [1.29, 1.82) is 0 Å². The number of carbonyl (C=O) groups is 1. The first-order valence-corrected chi connectivity index (χ1v) is 10.6. The first kappa shape index (κ1) is 20.3. The second kappa shape index (κ2) is 8.81. The largest absolute Gasteiger partial charge is 0.486 e. The topological polar surface area (TPSA) is 75.7 Å². The van der Waals surface area contributed by atoms with Crippen LogP contribution in [0.3, 0.4) is 0 Å². The maximum Gasteiger partial charge on any atom is 0.315 e. The Kier molecular flexibility index (Phi) is 5.97. The predicted molar refractivity (Wildman–Crippen MR) is 116 cm³/mol. The van der Waals surface area contributed by atoms with Crippen molar-refractivity contribution in [1.82, 2.24) is 15.6 Å². The molecule has 0 unspecified atom stereocenters. The summed E-state index contributed by atoms with van der Waals surface area (Å²) in [6.07, 6.45) is 4.24. The molecule has 0 bridgehead atoms. The zero-order valence-electron chi connectivity index (χ0n) is 17.7. The number of ether oxygens (including phenoxy) is 2. The van der Waals surface area contributed by atoms with E-state index >= 15 is 0 Å². The zero-order chi connectivity index (χ0) is 21.0. The van der Waals surface area contributed by atoms with Crippen molar-refractivity contribution >= 4 is 11.8 Å². The molecule has 3 heterocycles. The summed E-state index contributed by atoms with van der Waals surface area (Å²) in [5.41, 5.74) is 1.90. The average Bonchev–Trinajstić information content (AvgIpc) is 3.31. The lowest BCUT2D eigenvalue weighted by atomic mass is 9.84. The van der Waals surface area contributed by atoms with Crippen LogP contribution in [0, 0.1) is 0 Å². The molecule has 0 aliphatic carbocycles. The molecule has 0 atom stereocenters. The van der Waals surface area contributed by atoms with Gasteiger partial charge in [0.2, 0.25) is 0 Å². The molecule has 2 amide bonds. The Morgan fingerprint density at radius 3 is 2.63 bits per heavy atom. The molecule has 30 heavy (non-hydrogen) atoms. The van der Waals surface area contributed by atoms with E-state index in [0.717, 1.165) is 41.5 Å². The molecule has 2 aromatic rings. The molecule has 2 N–H and O–H groups in total. The van der Waals surface area contributed by atoms with Crippen molar-refractivity contribution in [3.8, 4) is 11.5 Å². The Morgan fingerprint density at radius 1 is 1.07 bits per heavy atom. The van der Waals surface area contributed by atoms with Crippen LogP contribution in [0.15, 0.2) is 36.5 Å². The van der Waals surface area contributed by atoms with E-state index in [-0.39, 0.29) is 11.4 Å². The lowest BCUT2D eigenvalue weighted by Gasteiger charge is -2.28. The van der Waals surface area contributed by atoms with Crippen LogP contribution in [0.5, 0.6) is 11.5 Å². The van der Waals surface area contributed by atoms with E-state index in [1.165, 1.54) is 12.8 Å². The van der Waals surface area contributed by atoms with Crippen LogP contribution < -0.4 is 25.0 Å². The third kappa shape index (κ3) is 4.78. The number of amides is 2. The lowest BCUT2D eigenvalue weighted by molar-refractivity contribution is 0.171.